The number of likely N-dealkylation sites (N-methyl/N-ethyl adjacent to an activating group) is 1. The molecule has 19 heavy (non-hydrogen) atoms. The van der Waals surface area contributed by atoms with Crippen molar-refractivity contribution < 1.29 is 4.79 Å². The van der Waals surface area contributed by atoms with E-state index in [9.17, 15) is 4.79 Å². The Kier molecular flexibility index (Phi) is 6.71. The summed E-state index contributed by atoms with van der Waals surface area (Å²) in [6.07, 6.45) is 5.44. The van der Waals surface area contributed by atoms with E-state index < -0.39 is 0 Å². The molecule has 0 aliphatic carbocycles. The molecule has 1 unspecified atom stereocenters. The van der Waals surface area contributed by atoms with E-state index in [4.69, 9.17) is 0 Å². The number of carbonyl (C=O) groups is 1. The first-order valence-electron chi connectivity index (χ1n) is 6.81. The van der Waals surface area contributed by atoms with E-state index in [2.05, 4.69) is 19.6 Å². The number of aryl methyl sites for hydroxylation is 1. The van der Waals surface area contributed by atoms with Gasteiger partial charge in [-0.2, -0.15) is 12.6 Å². The lowest BCUT2D eigenvalue weighted by Gasteiger charge is -2.25. The Morgan fingerprint density at radius 3 is 2.47 bits per heavy atom. The number of hydrogen-bond acceptors (Lipinski definition) is 2. The minimum Gasteiger partial charge on any atom is -0.328 e. The van der Waals surface area contributed by atoms with E-state index in [-0.39, 0.29) is 11.3 Å². The monoisotopic (exact) mass is 277 g/mol. The van der Waals surface area contributed by atoms with Crippen molar-refractivity contribution >= 4 is 24.6 Å². The van der Waals surface area contributed by atoms with Crippen LogP contribution in [0.25, 0.3) is 6.08 Å². The van der Waals surface area contributed by atoms with Crippen molar-refractivity contribution in [1.29, 1.82) is 0 Å². The molecule has 3 heteroatoms. The molecule has 0 bridgehead atoms. The Labute approximate surface area is 121 Å². The Bertz CT molecular complexity index is 425. The number of carbonyl (C=O) groups excluding carboxylic acids is 1. The SMILES string of the molecule is CCCC(S)N(CC)C(=O)/C=C/c1ccc(C)cc1. The zero-order chi connectivity index (χ0) is 14.3. The predicted molar refractivity (Wildman–Crippen MR) is 85.3 cm³/mol. The summed E-state index contributed by atoms with van der Waals surface area (Å²) in [6.45, 7) is 6.82. The van der Waals surface area contributed by atoms with Crippen molar-refractivity contribution in [3.8, 4) is 0 Å². The highest BCUT2D eigenvalue weighted by Crippen LogP contribution is 2.12. The largest absolute Gasteiger partial charge is 0.328 e. The second-order valence-corrected chi connectivity index (χ2v) is 5.23. The zero-order valence-electron chi connectivity index (χ0n) is 12.0. The molecule has 0 saturated heterocycles. The Balaban J connectivity index is 2.68. The molecule has 1 aromatic carbocycles. The molecule has 0 heterocycles. The van der Waals surface area contributed by atoms with Gasteiger partial charge in [0.2, 0.25) is 5.91 Å². The molecule has 0 aliphatic rings. The molecule has 0 N–H and O–H groups in total. The normalized spacial score (nSPS) is 12.6. The number of hydrogen-bond donors (Lipinski definition) is 1. The molecular weight excluding hydrogens is 254 g/mol. The lowest BCUT2D eigenvalue weighted by Crippen LogP contribution is -2.35. The molecule has 104 valence electrons. The third-order valence-electron chi connectivity index (χ3n) is 3.03. The van der Waals surface area contributed by atoms with Gasteiger partial charge in [-0.1, -0.05) is 43.2 Å². The van der Waals surface area contributed by atoms with Crippen LogP contribution in [0.4, 0.5) is 0 Å². The minimum atomic E-state index is 0.00479. The summed E-state index contributed by atoms with van der Waals surface area (Å²) in [6, 6.07) is 8.11. The highest BCUT2D eigenvalue weighted by molar-refractivity contribution is 7.80. The molecule has 0 aromatic heterocycles. The molecule has 1 amide bonds. The number of amides is 1. The highest BCUT2D eigenvalue weighted by atomic mass is 32.1. The number of nitrogens with zero attached hydrogens (tertiary/aromatic N) is 1. The van der Waals surface area contributed by atoms with Gasteiger partial charge in [0.1, 0.15) is 0 Å². The molecule has 1 aromatic rings. The van der Waals surface area contributed by atoms with E-state index in [0.29, 0.717) is 6.54 Å². The average Bonchev–Trinajstić information content (AvgIpc) is 2.39. The molecule has 0 fully saturated rings. The summed E-state index contributed by atoms with van der Waals surface area (Å²) in [5.74, 6) is 0.0246. The van der Waals surface area contributed by atoms with Crippen LogP contribution in [0.2, 0.25) is 0 Å². The molecule has 0 aliphatic heterocycles. The van der Waals surface area contributed by atoms with E-state index in [1.807, 2.05) is 44.2 Å². The van der Waals surface area contributed by atoms with Gasteiger partial charge in [-0.3, -0.25) is 4.79 Å². The summed E-state index contributed by atoms with van der Waals surface area (Å²) < 4.78 is 0. The molecular formula is C16H23NOS. The van der Waals surface area contributed by atoms with Crippen LogP contribution in [0.5, 0.6) is 0 Å². The Morgan fingerprint density at radius 2 is 1.95 bits per heavy atom. The summed E-state index contributed by atoms with van der Waals surface area (Å²) >= 11 is 4.49. The van der Waals surface area contributed by atoms with E-state index in [1.165, 1.54) is 5.56 Å². The first-order chi connectivity index (χ1) is 9.08. The van der Waals surface area contributed by atoms with Crippen LogP contribution < -0.4 is 0 Å². The van der Waals surface area contributed by atoms with Crippen LogP contribution in [0.1, 0.15) is 37.8 Å². The third-order valence-corrected chi connectivity index (χ3v) is 3.56. The van der Waals surface area contributed by atoms with Gasteiger partial charge in [0.15, 0.2) is 0 Å². The number of rotatable bonds is 6. The van der Waals surface area contributed by atoms with Crippen molar-refractivity contribution in [2.24, 2.45) is 0 Å². The quantitative estimate of drug-likeness (QED) is 0.475. The van der Waals surface area contributed by atoms with Crippen LogP contribution in [0.3, 0.4) is 0 Å². The predicted octanol–water partition coefficient (Wildman–Crippen LogP) is 3.91. The van der Waals surface area contributed by atoms with E-state index >= 15 is 0 Å². The fourth-order valence-electron chi connectivity index (χ4n) is 1.87. The molecule has 0 spiro atoms. The van der Waals surface area contributed by atoms with Gasteiger partial charge >= 0.3 is 0 Å². The van der Waals surface area contributed by atoms with Crippen molar-refractivity contribution in [3.05, 3.63) is 41.5 Å². The fourth-order valence-corrected chi connectivity index (χ4v) is 2.40. The van der Waals surface area contributed by atoms with Crippen LogP contribution >= 0.6 is 12.6 Å². The zero-order valence-corrected chi connectivity index (χ0v) is 12.9. The standard InChI is InChI=1S/C16H23NOS/c1-4-6-16(19)17(5-2)15(18)12-11-14-9-7-13(3)8-10-14/h7-12,16,19H,4-6H2,1-3H3/b12-11+. The topological polar surface area (TPSA) is 20.3 Å². The maximum Gasteiger partial charge on any atom is 0.247 e. The van der Waals surface area contributed by atoms with Crippen molar-refractivity contribution in [2.45, 2.75) is 39.0 Å². The summed E-state index contributed by atoms with van der Waals surface area (Å²) in [5.41, 5.74) is 2.26. The fraction of sp³-hybridized carbons (Fsp3) is 0.438. The van der Waals surface area contributed by atoms with Crippen molar-refractivity contribution in [3.63, 3.8) is 0 Å². The second-order valence-electron chi connectivity index (χ2n) is 4.64. The van der Waals surface area contributed by atoms with Crippen LogP contribution in [-0.4, -0.2) is 22.7 Å². The van der Waals surface area contributed by atoms with Crippen LogP contribution in [0, 0.1) is 6.92 Å². The summed E-state index contributed by atoms with van der Waals surface area (Å²) in [5, 5.41) is 0.00479. The average molecular weight is 277 g/mol. The summed E-state index contributed by atoms with van der Waals surface area (Å²) in [7, 11) is 0. The van der Waals surface area contributed by atoms with Crippen molar-refractivity contribution in [2.75, 3.05) is 6.54 Å². The lowest BCUT2D eigenvalue weighted by atomic mass is 10.1. The van der Waals surface area contributed by atoms with Crippen LogP contribution in [-0.2, 0) is 4.79 Å². The lowest BCUT2D eigenvalue weighted by molar-refractivity contribution is -0.126. The van der Waals surface area contributed by atoms with Gasteiger partial charge < -0.3 is 4.90 Å². The minimum absolute atomic E-state index is 0.00479. The van der Waals surface area contributed by atoms with Gasteiger partial charge in [0.25, 0.3) is 0 Å². The highest BCUT2D eigenvalue weighted by Gasteiger charge is 2.15. The molecule has 1 rings (SSSR count). The van der Waals surface area contributed by atoms with Gasteiger partial charge in [-0.25, -0.2) is 0 Å². The first kappa shape index (κ1) is 15.8. The van der Waals surface area contributed by atoms with Gasteiger partial charge in [-0.05, 0) is 31.9 Å². The number of benzene rings is 1. The van der Waals surface area contributed by atoms with E-state index in [0.717, 1.165) is 18.4 Å². The van der Waals surface area contributed by atoms with Crippen molar-refractivity contribution in [1.82, 2.24) is 4.90 Å². The van der Waals surface area contributed by atoms with Gasteiger partial charge in [0, 0.05) is 12.6 Å². The third kappa shape index (κ3) is 5.11. The maximum atomic E-state index is 12.1. The second kappa shape index (κ2) is 8.05. The Hall–Kier alpha value is -1.22. The smallest absolute Gasteiger partial charge is 0.247 e. The molecule has 0 saturated carbocycles. The first-order valence-corrected chi connectivity index (χ1v) is 7.33. The Morgan fingerprint density at radius 1 is 1.32 bits per heavy atom. The molecule has 2 nitrogen and oxygen atoms in total. The molecule has 0 radical (unpaired) electrons. The van der Waals surface area contributed by atoms with Gasteiger partial charge in [-0.15, -0.1) is 0 Å². The number of thiol groups is 1. The van der Waals surface area contributed by atoms with E-state index in [1.54, 1.807) is 11.0 Å². The van der Waals surface area contributed by atoms with Crippen LogP contribution in [0.15, 0.2) is 30.3 Å². The van der Waals surface area contributed by atoms with Gasteiger partial charge in [0.05, 0.1) is 5.37 Å². The summed E-state index contributed by atoms with van der Waals surface area (Å²) in [4.78, 5) is 13.9. The maximum absolute atomic E-state index is 12.1. The molecule has 1 atom stereocenters.